The highest BCUT2D eigenvalue weighted by Crippen LogP contribution is 2.23. The van der Waals surface area contributed by atoms with E-state index in [9.17, 15) is 9.90 Å². The first kappa shape index (κ1) is 13.8. The molecule has 0 bridgehead atoms. The van der Waals surface area contributed by atoms with Gasteiger partial charge in [0.2, 0.25) is 0 Å². The topological polar surface area (TPSA) is 75.8 Å². The number of carboxylic acids is 1. The number of hydrogen-bond acceptors (Lipinski definition) is 4. The molecule has 1 aromatic rings. The molecule has 0 aromatic heterocycles. The number of ether oxygens (including phenoxy) is 1. The monoisotopic (exact) mass is 264 g/mol. The second kappa shape index (κ2) is 6.04. The number of aromatic carboxylic acids is 1. The largest absolute Gasteiger partial charge is 0.478 e. The van der Waals surface area contributed by atoms with Crippen LogP contribution in [0.4, 0.5) is 5.69 Å². The molecule has 1 aromatic carbocycles. The van der Waals surface area contributed by atoms with Gasteiger partial charge in [-0.15, -0.1) is 0 Å². The second-order valence-electron chi connectivity index (χ2n) is 5.03. The van der Waals surface area contributed by atoms with Gasteiger partial charge in [0, 0.05) is 25.9 Å². The molecule has 1 unspecified atom stereocenters. The lowest BCUT2D eigenvalue weighted by Gasteiger charge is -2.18. The number of anilines is 1. The maximum Gasteiger partial charge on any atom is 0.338 e. The summed E-state index contributed by atoms with van der Waals surface area (Å²) in [6, 6.07) is 5.27. The molecule has 5 nitrogen and oxygen atoms in total. The lowest BCUT2D eigenvalue weighted by Crippen LogP contribution is -2.23. The molecule has 0 amide bonds. The third kappa shape index (κ3) is 3.24. The van der Waals surface area contributed by atoms with Crippen LogP contribution in [0.1, 0.15) is 22.3 Å². The Bertz CT molecular complexity index is 462. The van der Waals surface area contributed by atoms with E-state index < -0.39 is 5.97 Å². The molecule has 0 saturated carbocycles. The molecule has 1 aliphatic rings. The minimum absolute atomic E-state index is 0.234. The third-order valence-corrected chi connectivity index (χ3v) is 3.56. The Morgan fingerprint density at radius 2 is 2.37 bits per heavy atom. The summed E-state index contributed by atoms with van der Waals surface area (Å²) in [6.45, 7) is 3.32. The van der Waals surface area contributed by atoms with E-state index in [1.807, 2.05) is 6.07 Å². The Labute approximate surface area is 113 Å². The molecule has 1 atom stereocenters. The summed E-state index contributed by atoms with van der Waals surface area (Å²) in [4.78, 5) is 13.5. The molecule has 0 aliphatic carbocycles. The maximum atomic E-state index is 11.3. The van der Waals surface area contributed by atoms with Crippen LogP contribution in [0.25, 0.3) is 0 Å². The SMILES string of the molecule is COCC1CCN(Cc2cccc(N)c2C(=O)O)C1. The Hall–Kier alpha value is -1.59. The number of rotatable bonds is 5. The molecule has 0 radical (unpaired) electrons. The van der Waals surface area contributed by atoms with Gasteiger partial charge in [0.05, 0.1) is 12.2 Å². The fourth-order valence-electron chi connectivity index (χ4n) is 2.68. The Kier molecular flexibility index (Phi) is 4.39. The van der Waals surface area contributed by atoms with Gasteiger partial charge in [-0.25, -0.2) is 4.79 Å². The van der Waals surface area contributed by atoms with Crippen molar-refractivity contribution in [2.24, 2.45) is 5.92 Å². The van der Waals surface area contributed by atoms with Gasteiger partial charge >= 0.3 is 5.97 Å². The van der Waals surface area contributed by atoms with Gasteiger partial charge in [0.15, 0.2) is 0 Å². The van der Waals surface area contributed by atoms with E-state index in [2.05, 4.69) is 4.90 Å². The highest BCUT2D eigenvalue weighted by atomic mass is 16.5. The van der Waals surface area contributed by atoms with E-state index in [1.165, 1.54) is 0 Å². The molecular weight excluding hydrogens is 244 g/mol. The smallest absolute Gasteiger partial charge is 0.338 e. The molecule has 5 heteroatoms. The first-order chi connectivity index (χ1) is 9.11. The molecule has 104 valence electrons. The number of likely N-dealkylation sites (tertiary alicyclic amines) is 1. The summed E-state index contributed by atoms with van der Waals surface area (Å²) in [5, 5.41) is 9.24. The van der Waals surface area contributed by atoms with Crippen LogP contribution in [-0.2, 0) is 11.3 Å². The van der Waals surface area contributed by atoms with E-state index in [1.54, 1.807) is 19.2 Å². The van der Waals surface area contributed by atoms with E-state index in [0.717, 1.165) is 31.7 Å². The van der Waals surface area contributed by atoms with E-state index in [0.29, 0.717) is 18.2 Å². The average Bonchev–Trinajstić information content (AvgIpc) is 2.76. The number of nitrogens with zero attached hydrogens (tertiary/aromatic N) is 1. The summed E-state index contributed by atoms with van der Waals surface area (Å²) in [6.07, 6.45) is 1.10. The van der Waals surface area contributed by atoms with E-state index >= 15 is 0 Å². The van der Waals surface area contributed by atoms with Crippen LogP contribution in [0.5, 0.6) is 0 Å². The highest BCUT2D eigenvalue weighted by Gasteiger charge is 2.24. The van der Waals surface area contributed by atoms with Crippen LogP contribution in [-0.4, -0.2) is 42.8 Å². The molecule has 1 fully saturated rings. The number of carbonyl (C=O) groups is 1. The number of methoxy groups -OCH3 is 1. The lowest BCUT2D eigenvalue weighted by atomic mass is 10.1. The predicted molar refractivity (Wildman–Crippen MR) is 73.1 cm³/mol. The number of hydrogen-bond donors (Lipinski definition) is 2. The van der Waals surface area contributed by atoms with Crippen molar-refractivity contribution in [2.75, 3.05) is 32.5 Å². The van der Waals surface area contributed by atoms with Crippen molar-refractivity contribution in [3.8, 4) is 0 Å². The number of carboxylic acid groups (broad SMARTS) is 1. The van der Waals surface area contributed by atoms with E-state index in [4.69, 9.17) is 10.5 Å². The molecule has 1 heterocycles. The molecule has 3 N–H and O–H groups in total. The van der Waals surface area contributed by atoms with Gasteiger partial charge in [0.25, 0.3) is 0 Å². The highest BCUT2D eigenvalue weighted by molar-refractivity contribution is 5.95. The van der Waals surface area contributed by atoms with Gasteiger partial charge in [0.1, 0.15) is 0 Å². The fourth-order valence-corrected chi connectivity index (χ4v) is 2.68. The van der Waals surface area contributed by atoms with Gasteiger partial charge in [-0.3, -0.25) is 4.90 Å². The van der Waals surface area contributed by atoms with Crippen molar-refractivity contribution in [1.29, 1.82) is 0 Å². The van der Waals surface area contributed by atoms with Crippen molar-refractivity contribution in [2.45, 2.75) is 13.0 Å². The average molecular weight is 264 g/mol. The maximum absolute atomic E-state index is 11.3. The number of nitrogens with two attached hydrogens (primary N) is 1. The predicted octanol–water partition coefficient (Wildman–Crippen LogP) is 1.44. The van der Waals surface area contributed by atoms with Gasteiger partial charge in [-0.1, -0.05) is 12.1 Å². The van der Waals surface area contributed by atoms with Crippen molar-refractivity contribution < 1.29 is 14.6 Å². The van der Waals surface area contributed by atoms with Crippen LogP contribution in [0, 0.1) is 5.92 Å². The Balaban J connectivity index is 2.08. The van der Waals surface area contributed by atoms with Gasteiger partial charge < -0.3 is 15.6 Å². The van der Waals surface area contributed by atoms with Crippen LogP contribution < -0.4 is 5.73 Å². The van der Waals surface area contributed by atoms with Gasteiger partial charge in [-0.2, -0.15) is 0 Å². The number of benzene rings is 1. The van der Waals surface area contributed by atoms with Crippen molar-refractivity contribution in [3.05, 3.63) is 29.3 Å². The summed E-state index contributed by atoms with van der Waals surface area (Å²) in [7, 11) is 1.71. The normalized spacial score (nSPS) is 19.7. The standard InChI is InChI=1S/C14H20N2O3/c1-19-9-10-5-6-16(7-10)8-11-3-2-4-12(15)13(11)14(17)18/h2-4,10H,5-9,15H2,1H3,(H,17,18). The van der Waals surface area contributed by atoms with Crippen LogP contribution in [0.3, 0.4) is 0 Å². The van der Waals surface area contributed by atoms with Gasteiger partial charge in [-0.05, 0) is 30.5 Å². The molecular formula is C14H20N2O3. The minimum atomic E-state index is -0.958. The lowest BCUT2D eigenvalue weighted by molar-refractivity contribution is 0.0695. The van der Waals surface area contributed by atoms with E-state index in [-0.39, 0.29) is 5.56 Å². The zero-order chi connectivity index (χ0) is 13.8. The van der Waals surface area contributed by atoms with Crippen molar-refractivity contribution >= 4 is 11.7 Å². The summed E-state index contributed by atoms with van der Waals surface area (Å²) in [5.41, 5.74) is 7.10. The van der Waals surface area contributed by atoms with Crippen LogP contribution in [0.15, 0.2) is 18.2 Å². The van der Waals surface area contributed by atoms with Crippen molar-refractivity contribution in [1.82, 2.24) is 4.90 Å². The van der Waals surface area contributed by atoms with Crippen LogP contribution >= 0.6 is 0 Å². The van der Waals surface area contributed by atoms with Crippen molar-refractivity contribution in [3.63, 3.8) is 0 Å². The summed E-state index contributed by atoms with van der Waals surface area (Å²) in [5.74, 6) is -0.417. The molecule has 2 rings (SSSR count). The van der Waals surface area contributed by atoms with Crippen LogP contribution in [0.2, 0.25) is 0 Å². The summed E-state index contributed by atoms with van der Waals surface area (Å²) < 4.78 is 5.16. The first-order valence-electron chi connectivity index (χ1n) is 6.43. The third-order valence-electron chi connectivity index (χ3n) is 3.56. The molecule has 1 saturated heterocycles. The molecule has 0 spiro atoms. The Morgan fingerprint density at radius 1 is 1.58 bits per heavy atom. The number of nitrogen functional groups attached to an aromatic ring is 1. The summed E-state index contributed by atoms with van der Waals surface area (Å²) >= 11 is 0. The zero-order valence-electron chi connectivity index (χ0n) is 11.1. The minimum Gasteiger partial charge on any atom is -0.478 e. The molecule has 1 aliphatic heterocycles. The first-order valence-corrected chi connectivity index (χ1v) is 6.43. The quantitative estimate of drug-likeness (QED) is 0.787. The second-order valence-corrected chi connectivity index (χ2v) is 5.03. The zero-order valence-corrected chi connectivity index (χ0v) is 11.1. The Morgan fingerprint density at radius 3 is 3.05 bits per heavy atom. The molecule has 19 heavy (non-hydrogen) atoms. The fraction of sp³-hybridized carbons (Fsp3) is 0.500.